The van der Waals surface area contributed by atoms with E-state index >= 15 is 0 Å². The topological polar surface area (TPSA) is 54.9 Å². The molecule has 2 rings (SSSR count). The van der Waals surface area contributed by atoms with E-state index in [0.717, 1.165) is 23.3 Å². The molecular weight excluding hydrogens is 305 g/mol. The molecule has 0 aliphatic heterocycles. The maximum Gasteiger partial charge on any atom is 0.282 e. The summed E-state index contributed by atoms with van der Waals surface area (Å²) in [6.07, 6.45) is 0.764. The number of halogens is 2. The maximum atomic E-state index is 12.0. The van der Waals surface area contributed by atoms with Crippen molar-refractivity contribution in [2.24, 2.45) is 0 Å². The zero-order valence-electron chi connectivity index (χ0n) is 10.1. The van der Waals surface area contributed by atoms with E-state index < -0.39 is 0 Å². The molecule has 1 aromatic carbocycles. The van der Waals surface area contributed by atoms with Crippen LogP contribution in [0.1, 0.15) is 34.8 Å². The molecule has 0 radical (unpaired) electrons. The molecule has 0 saturated heterocycles. The van der Waals surface area contributed by atoms with Gasteiger partial charge in [-0.3, -0.25) is 4.79 Å². The van der Waals surface area contributed by atoms with Crippen LogP contribution in [-0.2, 0) is 0 Å². The van der Waals surface area contributed by atoms with Gasteiger partial charge in [0.05, 0.1) is 6.04 Å². The standard InChI is InChI=1S/C12H11Cl2N3OS/c1-2-9(7-3-5-8(13)6-4-7)15-10(18)11-16-17-12(14)19-11/h3-6,9H,2H2,1H3,(H,15,18). The molecule has 0 saturated carbocycles. The van der Waals surface area contributed by atoms with Crippen LogP contribution < -0.4 is 5.32 Å². The lowest BCUT2D eigenvalue weighted by Gasteiger charge is -2.16. The Labute approximate surface area is 124 Å². The highest BCUT2D eigenvalue weighted by Gasteiger charge is 2.17. The van der Waals surface area contributed by atoms with Crippen molar-refractivity contribution in [3.63, 3.8) is 0 Å². The van der Waals surface area contributed by atoms with Gasteiger partial charge in [-0.25, -0.2) is 0 Å². The predicted molar refractivity (Wildman–Crippen MR) is 76.9 cm³/mol. The van der Waals surface area contributed by atoms with Crippen molar-refractivity contribution in [2.45, 2.75) is 19.4 Å². The number of nitrogens with one attached hydrogen (secondary N) is 1. The van der Waals surface area contributed by atoms with Gasteiger partial charge in [0, 0.05) is 5.02 Å². The Balaban J connectivity index is 2.11. The summed E-state index contributed by atoms with van der Waals surface area (Å²) in [6, 6.07) is 7.29. The Morgan fingerprint density at radius 1 is 1.32 bits per heavy atom. The first kappa shape index (κ1) is 14.2. The average Bonchev–Trinajstić information content (AvgIpc) is 2.84. The lowest BCUT2D eigenvalue weighted by atomic mass is 10.0. The second-order valence-corrected chi connectivity index (χ2v) is 5.84. The third kappa shape index (κ3) is 3.65. The molecule has 1 N–H and O–H groups in total. The highest BCUT2D eigenvalue weighted by atomic mass is 35.5. The Kier molecular flexibility index (Phi) is 4.74. The van der Waals surface area contributed by atoms with E-state index in [1.54, 1.807) is 12.1 Å². The lowest BCUT2D eigenvalue weighted by Crippen LogP contribution is -2.28. The minimum absolute atomic E-state index is 0.0903. The average molecular weight is 316 g/mol. The van der Waals surface area contributed by atoms with Crippen molar-refractivity contribution in [3.8, 4) is 0 Å². The molecule has 0 aliphatic rings. The van der Waals surface area contributed by atoms with Gasteiger partial charge in [-0.1, -0.05) is 42.0 Å². The maximum absolute atomic E-state index is 12.0. The van der Waals surface area contributed by atoms with Crippen LogP contribution in [0.25, 0.3) is 0 Å². The summed E-state index contributed by atoms with van der Waals surface area (Å²) in [5.41, 5.74) is 0.996. The quantitative estimate of drug-likeness (QED) is 0.935. The highest BCUT2D eigenvalue weighted by molar-refractivity contribution is 7.17. The van der Waals surface area contributed by atoms with Gasteiger partial charge in [0.1, 0.15) is 0 Å². The first-order valence-corrected chi connectivity index (χ1v) is 7.22. The number of carbonyl (C=O) groups is 1. The number of aromatic nitrogens is 2. The minimum atomic E-state index is -0.272. The van der Waals surface area contributed by atoms with Crippen LogP contribution in [-0.4, -0.2) is 16.1 Å². The Morgan fingerprint density at radius 3 is 2.53 bits per heavy atom. The number of amides is 1. The van der Waals surface area contributed by atoms with Gasteiger partial charge in [0.2, 0.25) is 9.47 Å². The summed E-state index contributed by atoms with van der Waals surface area (Å²) < 4.78 is 0.254. The SMILES string of the molecule is CCC(NC(=O)c1nnc(Cl)s1)c1ccc(Cl)cc1. The largest absolute Gasteiger partial charge is 0.343 e. The summed E-state index contributed by atoms with van der Waals surface area (Å²) in [4.78, 5) is 12.0. The molecule has 1 aromatic heterocycles. The van der Waals surface area contributed by atoms with Crippen LogP contribution in [0.2, 0.25) is 9.49 Å². The summed E-state index contributed by atoms with van der Waals surface area (Å²) in [5, 5.41) is 11.2. The van der Waals surface area contributed by atoms with Crippen molar-refractivity contribution in [1.29, 1.82) is 0 Å². The van der Waals surface area contributed by atoms with Crippen LogP contribution in [0, 0.1) is 0 Å². The molecule has 1 atom stereocenters. The van der Waals surface area contributed by atoms with Gasteiger partial charge in [-0.2, -0.15) is 0 Å². The second-order valence-electron chi connectivity index (χ2n) is 3.85. The van der Waals surface area contributed by atoms with E-state index in [1.807, 2.05) is 19.1 Å². The molecule has 4 nitrogen and oxygen atoms in total. The van der Waals surface area contributed by atoms with Crippen LogP contribution in [0.15, 0.2) is 24.3 Å². The fourth-order valence-electron chi connectivity index (χ4n) is 1.63. The first-order valence-electron chi connectivity index (χ1n) is 5.65. The molecule has 0 spiro atoms. The third-order valence-electron chi connectivity index (χ3n) is 2.58. The predicted octanol–water partition coefficient (Wildman–Crippen LogP) is 3.73. The number of benzene rings is 1. The first-order chi connectivity index (χ1) is 9.10. The van der Waals surface area contributed by atoms with E-state index in [4.69, 9.17) is 23.2 Å². The number of hydrogen-bond acceptors (Lipinski definition) is 4. The molecule has 7 heteroatoms. The molecule has 1 amide bonds. The van der Waals surface area contributed by atoms with E-state index in [2.05, 4.69) is 15.5 Å². The summed E-state index contributed by atoms with van der Waals surface area (Å²) in [7, 11) is 0. The van der Waals surface area contributed by atoms with Gasteiger partial charge in [-0.05, 0) is 35.7 Å². The van der Waals surface area contributed by atoms with Crippen molar-refractivity contribution in [3.05, 3.63) is 44.3 Å². The van der Waals surface area contributed by atoms with Crippen molar-refractivity contribution in [1.82, 2.24) is 15.5 Å². The van der Waals surface area contributed by atoms with Crippen LogP contribution in [0.3, 0.4) is 0 Å². The Morgan fingerprint density at radius 2 is 2.00 bits per heavy atom. The molecule has 0 aliphatic carbocycles. The molecular formula is C12H11Cl2N3OS. The molecule has 19 heavy (non-hydrogen) atoms. The zero-order valence-corrected chi connectivity index (χ0v) is 12.4. The van der Waals surface area contributed by atoms with Crippen LogP contribution in [0.4, 0.5) is 0 Å². The van der Waals surface area contributed by atoms with Gasteiger partial charge in [0.25, 0.3) is 5.91 Å². The van der Waals surface area contributed by atoms with E-state index in [0.29, 0.717) is 5.02 Å². The Hall–Kier alpha value is -1.17. The highest BCUT2D eigenvalue weighted by Crippen LogP contribution is 2.21. The van der Waals surface area contributed by atoms with Gasteiger partial charge in [-0.15, -0.1) is 10.2 Å². The Bertz CT molecular complexity index is 571. The number of rotatable bonds is 4. The number of hydrogen-bond donors (Lipinski definition) is 1. The normalized spacial score (nSPS) is 12.2. The third-order valence-corrected chi connectivity index (χ3v) is 3.85. The van der Waals surface area contributed by atoms with E-state index in [9.17, 15) is 4.79 Å². The van der Waals surface area contributed by atoms with Crippen LogP contribution in [0.5, 0.6) is 0 Å². The minimum Gasteiger partial charge on any atom is -0.343 e. The molecule has 2 aromatic rings. The lowest BCUT2D eigenvalue weighted by molar-refractivity contribution is 0.0934. The molecule has 1 heterocycles. The van der Waals surface area contributed by atoms with Gasteiger partial charge < -0.3 is 5.32 Å². The fourth-order valence-corrected chi connectivity index (χ4v) is 2.49. The summed E-state index contributed by atoms with van der Waals surface area (Å²) in [5.74, 6) is -0.272. The van der Waals surface area contributed by atoms with Crippen molar-refractivity contribution < 1.29 is 4.79 Å². The molecule has 0 fully saturated rings. The van der Waals surface area contributed by atoms with Crippen molar-refractivity contribution in [2.75, 3.05) is 0 Å². The molecule has 1 unspecified atom stereocenters. The summed E-state index contributed by atoms with van der Waals surface area (Å²) in [6.45, 7) is 1.99. The smallest absolute Gasteiger partial charge is 0.282 e. The van der Waals surface area contributed by atoms with E-state index in [-0.39, 0.29) is 21.4 Å². The molecule has 0 bridgehead atoms. The van der Waals surface area contributed by atoms with Gasteiger partial charge in [0.15, 0.2) is 0 Å². The molecule has 100 valence electrons. The zero-order chi connectivity index (χ0) is 13.8. The fraction of sp³-hybridized carbons (Fsp3) is 0.250. The van der Waals surface area contributed by atoms with Crippen molar-refractivity contribution >= 4 is 40.4 Å². The monoisotopic (exact) mass is 315 g/mol. The number of carbonyl (C=O) groups excluding carboxylic acids is 1. The summed E-state index contributed by atoms with van der Waals surface area (Å²) >= 11 is 12.6. The second kappa shape index (κ2) is 6.32. The van der Waals surface area contributed by atoms with Gasteiger partial charge >= 0.3 is 0 Å². The number of nitrogens with zero attached hydrogens (tertiary/aromatic N) is 2. The van der Waals surface area contributed by atoms with Crippen LogP contribution >= 0.6 is 34.5 Å². The van der Waals surface area contributed by atoms with E-state index in [1.165, 1.54) is 0 Å².